The van der Waals surface area contributed by atoms with Crippen LogP contribution in [-0.2, 0) is 9.59 Å². The largest absolute Gasteiger partial charge is 0.352 e. The molecule has 6 nitrogen and oxygen atoms in total. The first-order valence-corrected chi connectivity index (χ1v) is 9.55. The van der Waals surface area contributed by atoms with Gasteiger partial charge in [-0.15, -0.1) is 0 Å². The summed E-state index contributed by atoms with van der Waals surface area (Å²) in [6, 6.07) is 14.6. The summed E-state index contributed by atoms with van der Waals surface area (Å²) < 4.78 is 0. The zero-order valence-corrected chi connectivity index (χ0v) is 16.2. The van der Waals surface area contributed by atoms with Gasteiger partial charge in [0.1, 0.15) is 0 Å². The van der Waals surface area contributed by atoms with Gasteiger partial charge >= 0.3 is 0 Å². The number of hydrogen-bond donors (Lipinski definition) is 2. The average molecular weight is 379 g/mol. The molecule has 3 amide bonds. The van der Waals surface area contributed by atoms with Crippen LogP contribution in [0.15, 0.2) is 48.5 Å². The van der Waals surface area contributed by atoms with E-state index in [2.05, 4.69) is 10.6 Å². The molecule has 0 saturated carbocycles. The number of benzene rings is 2. The van der Waals surface area contributed by atoms with Crippen molar-refractivity contribution in [3.8, 4) is 0 Å². The van der Waals surface area contributed by atoms with E-state index in [-0.39, 0.29) is 24.1 Å². The molecule has 2 aromatic rings. The molecule has 1 saturated heterocycles. The van der Waals surface area contributed by atoms with E-state index in [1.54, 1.807) is 29.2 Å². The van der Waals surface area contributed by atoms with Gasteiger partial charge in [-0.25, -0.2) is 0 Å². The van der Waals surface area contributed by atoms with Crippen molar-refractivity contribution in [3.63, 3.8) is 0 Å². The number of aryl methyl sites for hydroxylation is 1. The number of para-hydroxylation sites is 2. The average Bonchev–Trinajstić information content (AvgIpc) is 3.08. The van der Waals surface area contributed by atoms with Crippen molar-refractivity contribution in [2.75, 3.05) is 23.3 Å². The van der Waals surface area contributed by atoms with Crippen LogP contribution in [0, 0.1) is 12.8 Å². The molecular formula is C22H25N3O3. The number of nitrogens with zero attached hydrogens (tertiary/aromatic N) is 1. The molecular weight excluding hydrogens is 354 g/mol. The molecule has 1 fully saturated rings. The van der Waals surface area contributed by atoms with Crippen molar-refractivity contribution < 1.29 is 14.4 Å². The Bertz CT molecular complexity index is 894. The molecule has 0 unspecified atom stereocenters. The summed E-state index contributed by atoms with van der Waals surface area (Å²) in [6.07, 6.45) is 0.990. The molecule has 0 spiro atoms. The predicted octanol–water partition coefficient (Wildman–Crippen LogP) is 3.13. The van der Waals surface area contributed by atoms with Crippen molar-refractivity contribution in [1.82, 2.24) is 5.32 Å². The normalized spacial score (nSPS) is 16.1. The number of carbonyl (C=O) groups excluding carboxylic acids is 3. The van der Waals surface area contributed by atoms with E-state index in [1.807, 2.05) is 38.1 Å². The Morgan fingerprint density at radius 1 is 1.11 bits per heavy atom. The van der Waals surface area contributed by atoms with Crippen molar-refractivity contribution in [3.05, 3.63) is 59.7 Å². The number of anilines is 2. The third-order valence-electron chi connectivity index (χ3n) is 4.87. The molecule has 0 bridgehead atoms. The second-order valence-corrected chi connectivity index (χ2v) is 6.98. The zero-order valence-electron chi connectivity index (χ0n) is 16.2. The third-order valence-corrected chi connectivity index (χ3v) is 4.87. The van der Waals surface area contributed by atoms with Crippen LogP contribution in [0.4, 0.5) is 11.4 Å². The molecule has 0 aromatic heterocycles. The summed E-state index contributed by atoms with van der Waals surface area (Å²) in [5.74, 6) is -0.996. The number of rotatable bonds is 6. The fraction of sp³-hybridized carbons (Fsp3) is 0.318. The summed E-state index contributed by atoms with van der Waals surface area (Å²) in [6.45, 7) is 4.83. The lowest BCUT2D eigenvalue weighted by atomic mass is 10.1. The van der Waals surface area contributed by atoms with Crippen LogP contribution in [0.25, 0.3) is 0 Å². The van der Waals surface area contributed by atoms with Gasteiger partial charge in [0, 0.05) is 25.2 Å². The number of carbonyl (C=O) groups is 3. The minimum Gasteiger partial charge on any atom is -0.352 e. The molecule has 0 aliphatic carbocycles. The quantitative estimate of drug-likeness (QED) is 0.809. The maximum absolute atomic E-state index is 12.8. The standard InChI is InChI=1S/C22H25N3O3/c1-3-12-23-22(28)17-9-5-6-10-18(17)24-21(27)16-13-20(26)25(14-16)19-11-7-4-8-15(19)2/h4-11,16H,3,12-14H2,1-2H3,(H,23,28)(H,24,27)/t16-/m0/s1. The summed E-state index contributed by atoms with van der Waals surface area (Å²) in [7, 11) is 0. The van der Waals surface area contributed by atoms with Gasteiger partial charge in [-0.2, -0.15) is 0 Å². The van der Waals surface area contributed by atoms with Gasteiger partial charge in [0.05, 0.1) is 17.2 Å². The fourth-order valence-corrected chi connectivity index (χ4v) is 3.34. The van der Waals surface area contributed by atoms with Crippen molar-refractivity contribution >= 4 is 29.1 Å². The van der Waals surface area contributed by atoms with Gasteiger partial charge in [0.25, 0.3) is 5.91 Å². The topological polar surface area (TPSA) is 78.5 Å². The highest BCUT2D eigenvalue weighted by molar-refractivity contribution is 6.07. The van der Waals surface area contributed by atoms with Crippen LogP contribution >= 0.6 is 0 Å². The molecule has 0 radical (unpaired) electrons. The molecule has 1 heterocycles. The summed E-state index contributed by atoms with van der Waals surface area (Å²) in [5.41, 5.74) is 2.71. The molecule has 3 rings (SSSR count). The smallest absolute Gasteiger partial charge is 0.253 e. The first-order chi connectivity index (χ1) is 13.5. The molecule has 2 N–H and O–H groups in total. The Balaban J connectivity index is 1.72. The third kappa shape index (κ3) is 4.22. The van der Waals surface area contributed by atoms with Crippen LogP contribution in [-0.4, -0.2) is 30.8 Å². The summed E-state index contributed by atoms with van der Waals surface area (Å²) in [4.78, 5) is 39.3. The predicted molar refractivity (Wildman–Crippen MR) is 109 cm³/mol. The van der Waals surface area contributed by atoms with Crippen LogP contribution in [0.3, 0.4) is 0 Å². The van der Waals surface area contributed by atoms with Crippen LogP contribution in [0.2, 0.25) is 0 Å². The monoisotopic (exact) mass is 379 g/mol. The zero-order chi connectivity index (χ0) is 20.1. The SMILES string of the molecule is CCCNC(=O)c1ccccc1NC(=O)[C@H]1CC(=O)N(c2ccccc2C)C1. The van der Waals surface area contributed by atoms with Gasteiger partial charge in [-0.05, 0) is 37.1 Å². The highest BCUT2D eigenvalue weighted by atomic mass is 16.2. The summed E-state index contributed by atoms with van der Waals surface area (Å²) in [5, 5.41) is 5.66. The Morgan fingerprint density at radius 3 is 2.57 bits per heavy atom. The van der Waals surface area contributed by atoms with E-state index in [0.717, 1.165) is 17.7 Å². The van der Waals surface area contributed by atoms with Crippen molar-refractivity contribution in [2.24, 2.45) is 5.92 Å². The Labute approximate surface area is 164 Å². The molecule has 1 aliphatic rings. The first-order valence-electron chi connectivity index (χ1n) is 9.55. The van der Waals surface area contributed by atoms with E-state index in [1.165, 1.54) is 0 Å². The van der Waals surface area contributed by atoms with Gasteiger partial charge < -0.3 is 15.5 Å². The second-order valence-electron chi connectivity index (χ2n) is 6.98. The van der Waals surface area contributed by atoms with Gasteiger partial charge in [-0.1, -0.05) is 37.3 Å². The van der Waals surface area contributed by atoms with Crippen molar-refractivity contribution in [2.45, 2.75) is 26.7 Å². The van der Waals surface area contributed by atoms with E-state index < -0.39 is 5.92 Å². The molecule has 28 heavy (non-hydrogen) atoms. The van der Waals surface area contributed by atoms with Crippen LogP contribution in [0.5, 0.6) is 0 Å². The second kappa shape index (κ2) is 8.69. The molecule has 1 aliphatic heterocycles. The molecule has 1 atom stereocenters. The Hall–Kier alpha value is -3.15. The Kier molecular flexibility index (Phi) is 6.09. The maximum atomic E-state index is 12.8. The van der Waals surface area contributed by atoms with Gasteiger partial charge in [0.2, 0.25) is 11.8 Å². The van der Waals surface area contributed by atoms with Crippen LogP contribution in [0.1, 0.15) is 35.7 Å². The number of amides is 3. The maximum Gasteiger partial charge on any atom is 0.253 e. The van der Waals surface area contributed by atoms with Crippen molar-refractivity contribution in [1.29, 1.82) is 0 Å². The highest BCUT2D eigenvalue weighted by Gasteiger charge is 2.35. The van der Waals surface area contributed by atoms with E-state index >= 15 is 0 Å². The van der Waals surface area contributed by atoms with Gasteiger partial charge in [-0.3, -0.25) is 14.4 Å². The molecule has 146 valence electrons. The first kappa shape index (κ1) is 19.6. The summed E-state index contributed by atoms with van der Waals surface area (Å²) >= 11 is 0. The van der Waals surface area contributed by atoms with Crippen LogP contribution < -0.4 is 15.5 Å². The molecule has 6 heteroatoms. The molecule has 2 aromatic carbocycles. The van der Waals surface area contributed by atoms with Gasteiger partial charge in [0.15, 0.2) is 0 Å². The highest BCUT2D eigenvalue weighted by Crippen LogP contribution is 2.28. The fourth-order valence-electron chi connectivity index (χ4n) is 3.34. The minimum absolute atomic E-state index is 0.0663. The Morgan fingerprint density at radius 2 is 1.82 bits per heavy atom. The minimum atomic E-state index is -0.459. The lowest BCUT2D eigenvalue weighted by molar-refractivity contribution is -0.122. The lowest BCUT2D eigenvalue weighted by Crippen LogP contribution is -2.30. The number of hydrogen-bond acceptors (Lipinski definition) is 3. The van der Waals surface area contributed by atoms with E-state index in [4.69, 9.17) is 0 Å². The lowest BCUT2D eigenvalue weighted by Gasteiger charge is -2.19. The number of nitrogens with one attached hydrogen (secondary N) is 2. The van der Waals surface area contributed by atoms with E-state index in [0.29, 0.717) is 24.3 Å². The van der Waals surface area contributed by atoms with E-state index in [9.17, 15) is 14.4 Å².